The zero-order valence-electron chi connectivity index (χ0n) is 12.1. The van der Waals surface area contributed by atoms with Crippen LogP contribution in [0.15, 0.2) is 0 Å². The quantitative estimate of drug-likeness (QED) is 0.640. The normalized spacial score (nSPS) is 22.0. The molecule has 112 valence electrons. The second-order valence-corrected chi connectivity index (χ2v) is 5.52. The van der Waals surface area contributed by atoms with E-state index in [2.05, 4.69) is 0 Å². The first-order chi connectivity index (χ1) is 9.61. The Morgan fingerprint density at radius 1 is 0.350 bits per heavy atom. The summed E-state index contributed by atoms with van der Waals surface area (Å²) in [6.07, 6.45) is 7.44. The Balaban J connectivity index is 2.41. The summed E-state index contributed by atoms with van der Waals surface area (Å²) in [4.78, 5) is 46.2. The maximum absolute atomic E-state index is 11.6. The molecule has 1 saturated carbocycles. The summed E-state index contributed by atoms with van der Waals surface area (Å²) < 4.78 is 0. The van der Waals surface area contributed by atoms with E-state index < -0.39 is 0 Å². The smallest absolute Gasteiger partial charge is 0.198 e. The van der Waals surface area contributed by atoms with Crippen LogP contribution in [-0.4, -0.2) is 23.1 Å². The third kappa shape index (κ3) is 6.73. The van der Waals surface area contributed by atoms with E-state index in [9.17, 15) is 19.2 Å². The molecule has 0 amide bonds. The summed E-state index contributed by atoms with van der Waals surface area (Å²) in [7, 11) is 0. The Bertz CT molecular complexity index is 299. The summed E-state index contributed by atoms with van der Waals surface area (Å²) in [6, 6.07) is 0. The van der Waals surface area contributed by atoms with Crippen LogP contribution >= 0.6 is 0 Å². The molecule has 0 unspecified atom stereocenters. The first-order valence-electron chi connectivity index (χ1n) is 7.73. The van der Waals surface area contributed by atoms with Gasteiger partial charge >= 0.3 is 0 Å². The Hall–Kier alpha value is -1.32. The molecule has 0 atom stereocenters. The number of Topliss-reactive ketones (excluding diaryl/α,β-unsaturated/α-hetero) is 4. The van der Waals surface area contributed by atoms with Gasteiger partial charge in [-0.05, 0) is 25.7 Å². The zero-order valence-corrected chi connectivity index (χ0v) is 12.1. The van der Waals surface area contributed by atoms with E-state index in [4.69, 9.17) is 0 Å². The van der Waals surface area contributed by atoms with Gasteiger partial charge in [-0.3, -0.25) is 19.2 Å². The molecule has 4 heteroatoms. The molecule has 1 aliphatic rings. The summed E-state index contributed by atoms with van der Waals surface area (Å²) in [5.41, 5.74) is 0. The van der Waals surface area contributed by atoms with Gasteiger partial charge in [-0.15, -0.1) is 0 Å². The summed E-state index contributed by atoms with van der Waals surface area (Å²) >= 11 is 0. The van der Waals surface area contributed by atoms with Crippen LogP contribution in [0.4, 0.5) is 0 Å². The average Bonchev–Trinajstić information content (AvgIpc) is 2.44. The van der Waals surface area contributed by atoms with Crippen molar-refractivity contribution in [3.05, 3.63) is 0 Å². The minimum atomic E-state index is -0.247. The lowest BCUT2D eigenvalue weighted by Crippen LogP contribution is -2.14. The standard InChI is InChI=1S/C16H24O4/c17-13-9-5-1-2-6-10-14(18)16(20)12-8-4-3-7-11-15(13)19/h1-12H2. The predicted octanol–water partition coefficient (Wildman–Crippen LogP) is 2.96. The topological polar surface area (TPSA) is 68.3 Å². The Labute approximate surface area is 120 Å². The van der Waals surface area contributed by atoms with Crippen LogP contribution in [0, 0.1) is 0 Å². The molecule has 1 fully saturated rings. The summed E-state index contributed by atoms with van der Waals surface area (Å²) in [5.74, 6) is -0.988. The highest BCUT2D eigenvalue weighted by Gasteiger charge is 2.15. The van der Waals surface area contributed by atoms with Crippen molar-refractivity contribution in [2.45, 2.75) is 77.0 Å². The molecule has 0 aromatic rings. The molecule has 4 nitrogen and oxygen atoms in total. The van der Waals surface area contributed by atoms with Crippen LogP contribution in [0.25, 0.3) is 0 Å². The monoisotopic (exact) mass is 280 g/mol. The number of ketones is 4. The van der Waals surface area contributed by atoms with Crippen molar-refractivity contribution in [1.29, 1.82) is 0 Å². The third-order valence-corrected chi connectivity index (χ3v) is 3.74. The van der Waals surface area contributed by atoms with Gasteiger partial charge in [0.25, 0.3) is 0 Å². The molecule has 0 spiro atoms. The van der Waals surface area contributed by atoms with Gasteiger partial charge < -0.3 is 0 Å². The fourth-order valence-corrected chi connectivity index (χ4v) is 2.41. The van der Waals surface area contributed by atoms with E-state index in [-0.39, 0.29) is 23.1 Å². The molecular weight excluding hydrogens is 256 g/mol. The van der Waals surface area contributed by atoms with Crippen molar-refractivity contribution < 1.29 is 19.2 Å². The molecule has 1 rings (SSSR count). The molecule has 20 heavy (non-hydrogen) atoms. The number of hydrogen-bond acceptors (Lipinski definition) is 4. The molecule has 1 aliphatic carbocycles. The predicted molar refractivity (Wildman–Crippen MR) is 75.4 cm³/mol. The van der Waals surface area contributed by atoms with Crippen LogP contribution < -0.4 is 0 Å². The van der Waals surface area contributed by atoms with Gasteiger partial charge in [-0.25, -0.2) is 0 Å². The van der Waals surface area contributed by atoms with Gasteiger partial charge in [-0.2, -0.15) is 0 Å². The largest absolute Gasteiger partial charge is 0.291 e. The van der Waals surface area contributed by atoms with E-state index in [1.54, 1.807) is 0 Å². The lowest BCUT2D eigenvalue weighted by molar-refractivity contribution is -0.137. The Morgan fingerprint density at radius 2 is 0.550 bits per heavy atom. The van der Waals surface area contributed by atoms with Crippen LogP contribution in [0.1, 0.15) is 77.0 Å². The number of rotatable bonds is 0. The van der Waals surface area contributed by atoms with E-state index in [1.807, 2.05) is 0 Å². The van der Waals surface area contributed by atoms with E-state index in [0.717, 1.165) is 25.7 Å². The Morgan fingerprint density at radius 3 is 0.750 bits per heavy atom. The van der Waals surface area contributed by atoms with Crippen molar-refractivity contribution in [3.8, 4) is 0 Å². The highest BCUT2D eigenvalue weighted by atomic mass is 16.2. The maximum atomic E-state index is 11.6. The minimum Gasteiger partial charge on any atom is -0.291 e. The molecule has 0 heterocycles. The van der Waals surface area contributed by atoms with Crippen LogP contribution in [0.2, 0.25) is 0 Å². The Kier molecular flexibility index (Phi) is 8.00. The van der Waals surface area contributed by atoms with E-state index in [0.29, 0.717) is 51.4 Å². The third-order valence-electron chi connectivity index (χ3n) is 3.74. The molecule has 0 aromatic heterocycles. The fourth-order valence-electron chi connectivity index (χ4n) is 2.41. The number of carbonyl (C=O) groups excluding carboxylic acids is 4. The van der Waals surface area contributed by atoms with Gasteiger partial charge in [0.2, 0.25) is 0 Å². The average molecular weight is 280 g/mol. The highest BCUT2D eigenvalue weighted by Crippen LogP contribution is 2.12. The van der Waals surface area contributed by atoms with Crippen LogP contribution in [0.5, 0.6) is 0 Å². The van der Waals surface area contributed by atoms with Gasteiger partial charge in [0.15, 0.2) is 23.1 Å². The molecule has 0 saturated heterocycles. The lowest BCUT2D eigenvalue weighted by atomic mass is 9.99. The van der Waals surface area contributed by atoms with E-state index in [1.165, 1.54) is 0 Å². The summed E-state index contributed by atoms with van der Waals surface area (Å²) in [6.45, 7) is 0. The number of carbonyl (C=O) groups is 4. The van der Waals surface area contributed by atoms with Gasteiger partial charge in [0.1, 0.15) is 0 Å². The first kappa shape index (κ1) is 16.7. The molecule has 0 aliphatic heterocycles. The fraction of sp³-hybridized carbons (Fsp3) is 0.750. The summed E-state index contributed by atoms with van der Waals surface area (Å²) in [5, 5.41) is 0. The molecule has 0 aromatic carbocycles. The highest BCUT2D eigenvalue weighted by molar-refractivity contribution is 6.37. The van der Waals surface area contributed by atoms with Gasteiger partial charge in [0.05, 0.1) is 0 Å². The van der Waals surface area contributed by atoms with Crippen LogP contribution in [-0.2, 0) is 19.2 Å². The molecule has 0 bridgehead atoms. The zero-order chi connectivity index (χ0) is 14.8. The van der Waals surface area contributed by atoms with E-state index >= 15 is 0 Å². The minimum absolute atomic E-state index is 0.247. The lowest BCUT2D eigenvalue weighted by Gasteiger charge is -2.04. The first-order valence-corrected chi connectivity index (χ1v) is 7.73. The molecule has 0 N–H and O–H groups in total. The molecular formula is C16H24O4. The van der Waals surface area contributed by atoms with Gasteiger partial charge in [0, 0.05) is 25.7 Å². The van der Waals surface area contributed by atoms with Crippen molar-refractivity contribution in [1.82, 2.24) is 0 Å². The van der Waals surface area contributed by atoms with Gasteiger partial charge in [-0.1, -0.05) is 25.7 Å². The van der Waals surface area contributed by atoms with Crippen molar-refractivity contribution in [2.24, 2.45) is 0 Å². The second kappa shape index (κ2) is 9.56. The molecule has 0 radical (unpaired) electrons. The maximum Gasteiger partial charge on any atom is 0.198 e. The second-order valence-electron chi connectivity index (χ2n) is 5.52. The van der Waals surface area contributed by atoms with Crippen molar-refractivity contribution in [2.75, 3.05) is 0 Å². The van der Waals surface area contributed by atoms with Crippen molar-refractivity contribution in [3.63, 3.8) is 0 Å². The van der Waals surface area contributed by atoms with Crippen molar-refractivity contribution >= 4 is 23.1 Å². The van der Waals surface area contributed by atoms with Crippen LogP contribution in [0.3, 0.4) is 0 Å². The number of hydrogen-bond donors (Lipinski definition) is 0. The SMILES string of the molecule is O=C1CCCCCCC(=O)C(=O)CCCCCCC1=O.